The van der Waals surface area contributed by atoms with E-state index < -0.39 is 11.8 Å². The van der Waals surface area contributed by atoms with Gasteiger partial charge in [0.1, 0.15) is 5.16 Å². The van der Waals surface area contributed by atoms with Crippen LogP contribution in [0.25, 0.3) is 0 Å². The van der Waals surface area contributed by atoms with Gasteiger partial charge in [0.05, 0.1) is 0 Å². The van der Waals surface area contributed by atoms with Gasteiger partial charge in [-0.1, -0.05) is 49.3 Å². The summed E-state index contributed by atoms with van der Waals surface area (Å²) in [5.74, 6) is 6.66. The van der Waals surface area contributed by atoms with Crippen LogP contribution in [0.5, 0.6) is 0 Å². The summed E-state index contributed by atoms with van der Waals surface area (Å²) in [7, 11) is 0. The smallest absolute Gasteiger partial charge is 0.252 e. The summed E-state index contributed by atoms with van der Waals surface area (Å²) in [5.41, 5.74) is 0.958. The van der Waals surface area contributed by atoms with Crippen molar-refractivity contribution in [3.8, 4) is 11.8 Å². The summed E-state index contributed by atoms with van der Waals surface area (Å²) in [5, 5.41) is -0.600. The van der Waals surface area contributed by atoms with E-state index in [4.69, 9.17) is 11.2 Å². The van der Waals surface area contributed by atoms with Crippen molar-refractivity contribution in [1.82, 2.24) is 4.67 Å². The van der Waals surface area contributed by atoms with Crippen LogP contribution in [0.3, 0.4) is 0 Å². The first-order valence-electron chi connectivity index (χ1n) is 8.97. The van der Waals surface area contributed by atoms with Crippen molar-refractivity contribution in [2.45, 2.75) is 77.0 Å². The van der Waals surface area contributed by atoms with E-state index in [0.717, 1.165) is 31.2 Å². The number of halogens is 1. The van der Waals surface area contributed by atoms with Crippen LogP contribution in [-0.4, -0.2) is 21.9 Å². The molecule has 24 heavy (non-hydrogen) atoms. The molecule has 132 valence electrons. The fraction of sp³-hybridized carbons (Fsp3) is 0.600. The molecule has 0 N–H and O–H groups in total. The van der Waals surface area contributed by atoms with Crippen molar-refractivity contribution in [3.05, 3.63) is 35.9 Å². The molecule has 4 heteroatoms. The minimum absolute atomic E-state index is 0.130. The third-order valence-corrected chi connectivity index (χ3v) is 9.40. The number of benzene rings is 1. The summed E-state index contributed by atoms with van der Waals surface area (Å²) in [6.07, 6.45) is 4.91. The van der Waals surface area contributed by atoms with E-state index in [2.05, 4.69) is 39.5 Å². The van der Waals surface area contributed by atoms with Gasteiger partial charge in [0.2, 0.25) is 0 Å². The van der Waals surface area contributed by atoms with Gasteiger partial charge in [-0.25, -0.2) is 4.67 Å². The zero-order chi connectivity index (χ0) is 17.8. The fourth-order valence-corrected chi connectivity index (χ4v) is 8.10. The lowest BCUT2D eigenvalue weighted by Gasteiger charge is -2.44. The first-order valence-corrected chi connectivity index (χ1v) is 11.5. The standard InChI is InChI=1S/C20H29ClNOP/c1-17(2)22(18(3)4)24(21,23)20(14-9-6-10-15-20)16-13-19-11-7-5-8-12-19/h5,7-8,11-12,17-18H,6,9-10,14-15H2,1-4H3. The zero-order valence-corrected chi connectivity index (χ0v) is 16.9. The van der Waals surface area contributed by atoms with E-state index in [1.807, 2.05) is 35.0 Å². The first-order chi connectivity index (χ1) is 11.3. The Hall–Kier alpha value is -0.740. The topological polar surface area (TPSA) is 20.3 Å². The van der Waals surface area contributed by atoms with E-state index >= 15 is 0 Å². The third-order valence-electron chi connectivity index (χ3n) is 4.78. The molecule has 0 aliphatic heterocycles. The Morgan fingerprint density at radius 1 is 1.04 bits per heavy atom. The minimum Gasteiger partial charge on any atom is -0.287 e. The monoisotopic (exact) mass is 365 g/mol. The van der Waals surface area contributed by atoms with Crippen LogP contribution in [0.15, 0.2) is 30.3 Å². The number of hydrogen-bond donors (Lipinski definition) is 0. The molecule has 1 unspecified atom stereocenters. The maximum Gasteiger partial charge on any atom is 0.252 e. The molecule has 1 aliphatic rings. The highest BCUT2D eigenvalue weighted by Gasteiger charge is 2.51. The third kappa shape index (κ3) is 4.08. The number of hydrogen-bond acceptors (Lipinski definition) is 1. The van der Waals surface area contributed by atoms with Gasteiger partial charge in [0, 0.05) is 17.6 Å². The van der Waals surface area contributed by atoms with Gasteiger partial charge in [-0.2, -0.15) is 0 Å². The molecule has 1 saturated carbocycles. The molecule has 1 aromatic rings. The molecule has 0 radical (unpaired) electrons. The number of nitrogens with zero attached hydrogens (tertiary/aromatic N) is 1. The fourth-order valence-electron chi connectivity index (χ4n) is 3.73. The Labute approximate surface area is 152 Å². The molecule has 1 atom stereocenters. The van der Waals surface area contributed by atoms with Crippen LogP contribution in [0.2, 0.25) is 0 Å². The normalized spacial score (nSPS) is 19.8. The molecular weight excluding hydrogens is 337 g/mol. The maximum absolute atomic E-state index is 13.9. The summed E-state index contributed by atoms with van der Waals surface area (Å²) in [4.78, 5) is 0. The molecule has 0 saturated heterocycles. The summed E-state index contributed by atoms with van der Waals surface area (Å²) < 4.78 is 15.9. The first kappa shape index (κ1) is 19.6. The lowest BCUT2D eigenvalue weighted by atomic mass is 9.88. The van der Waals surface area contributed by atoms with Gasteiger partial charge in [-0.15, -0.1) is 0 Å². The molecule has 1 fully saturated rings. The van der Waals surface area contributed by atoms with Crippen LogP contribution in [0.4, 0.5) is 0 Å². The SMILES string of the molecule is CC(C)N(C(C)C)P(=O)(Cl)C1(C#Cc2ccccc2)CCCCC1. The molecule has 1 aliphatic carbocycles. The van der Waals surface area contributed by atoms with Gasteiger partial charge in [0.25, 0.3) is 6.65 Å². The van der Waals surface area contributed by atoms with Gasteiger partial charge in [0.15, 0.2) is 0 Å². The van der Waals surface area contributed by atoms with Crippen LogP contribution < -0.4 is 0 Å². The zero-order valence-electron chi connectivity index (χ0n) is 15.3. The van der Waals surface area contributed by atoms with E-state index in [1.165, 1.54) is 6.42 Å². The van der Waals surface area contributed by atoms with Crippen LogP contribution in [0, 0.1) is 11.8 Å². The van der Waals surface area contributed by atoms with Crippen LogP contribution >= 0.6 is 17.9 Å². The largest absolute Gasteiger partial charge is 0.287 e. The summed E-state index contributed by atoms with van der Waals surface area (Å²) in [6.45, 7) is 5.14. The molecule has 0 bridgehead atoms. The molecule has 2 nitrogen and oxygen atoms in total. The molecule has 1 aromatic carbocycles. The van der Waals surface area contributed by atoms with Gasteiger partial charge in [-0.3, -0.25) is 4.57 Å². The molecule has 0 amide bonds. The van der Waals surface area contributed by atoms with E-state index in [1.54, 1.807) is 0 Å². The van der Waals surface area contributed by atoms with Crippen molar-refractivity contribution in [3.63, 3.8) is 0 Å². The second kappa shape index (κ2) is 8.09. The van der Waals surface area contributed by atoms with Crippen molar-refractivity contribution < 1.29 is 4.57 Å². The van der Waals surface area contributed by atoms with Gasteiger partial charge in [-0.05, 0) is 63.9 Å². The number of rotatable bonds is 4. The minimum atomic E-state index is -3.13. The predicted octanol–water partition coefficient (Wildman–Crippen LogP) is 6.29. The predicted molar refractivity (Wildman–Crippen MR) is 105 cm³/mol. The Balaban J connectivity index is 2.47. The second-order valence-electron chi connectivity index (χ2n) is 7.28. The lowest BCUT2D eigenvalue weighted by Crippen LogP contribution is -2.41. The quantitative estimate of drug-likeness (QED) is 0.461. The Morgan fingerprint density at radius 2 is 1.58 bits per heavy atom. The Bertz CT molecular complexity index is 631. The summed E-state index contributed by atoms with van der Waals surface area (Å²) in [6, 6.07) is 10.2. The van der Waals surface area contributed by atoms with E-state index in [0.29, 0.717) is 0 Å². The molecule has 2 rings (SSSR count). The highest BCUT2D eigenvalue weighted by atomic mass is 35.7. The van der Waals surface area contributed by atoms with E-state index in [-0.39, 0.29) is 12.1 Å². The molecular formula is C20H29ClNOP. The Kier molecular flexibility index (Phi) is 6.60. The highest BCUT2D eigenvalue weighted by molar-refractivity contribution is 7.88. The Morgan fingerprint density at radius 3 is 2.08 bits per heavy atom. The van der Waals surface area contributed by atoms with Gasteiger partial charge < -0.3 is 0 Å². The average Bonchev–Trinajstić information content (AvgIpc) is 2.53. The molecule has 0 spiro atoms. The van der Waals surface area contributed by atoms with Crippen LogP contribution in [0.1, 0.15) is 65.4 Å². The van der Waals surface area contributed by atoms with Crippen LogP contribution in [-0.2, 0) is 4.57 Å². The molecule has 0 heterocycles. The van der Waals surface area contributed by atoms with Crippen molar-refractivity contribution in [2.24, 2.45) is 0 Å². The lowest BCUT2D eigenvalue weighted by molar-refractivity contribution is 0.288. The summed E-state index contributed by atoms with van der Waals surface area (Å²) >= 11 is 6.87. The maximum atomic E-state index is 13.9. The van der Waals surface area contributed by atoms with Crippen molar-refractivity contribution >= 4 is 17.9 Å². The highest BCUT2D eigenvalue weighted by Crippen LogP contribution is 2.70. The van der Waals surface area contributed by atoms with Gasteiger partial charge >= 0.3 is 0 Å². The second-order valence-corrected chi connectivity index (χ2v) is 11.0. The average molecular weight is 366 g/mol. The van der Waals surface area contributed by atoms with Crippen molar-refractivity contribution in [1.29, 1.82) is 0 Å². The molecule has 0 aromatic heterocycles. The van der Waals surface area contributed by atoms with E-state index in [9.17, 15) is 4.57 Å². The van der Waals surface area contributed by atoms with Crippen molar-refractivity contribution in [2.75, 3.05) is 0 Å².